The molecule has 1 amide bonds. The molecule has 0 aromatic heterocycles. The van der Waals surface area contributed by atoms with Crippen LogP contribution < -0.4 is 14.8 Å². The molecule has 0 saturated carbocycles. The van der Waals surface area contributed by atoms with E-state index in [1.807, 2.05) is 0 Å². The Hall–Kier alpha value is -1.51. The molecule has 0 aliphatic carbocycles. The fourth-order valence-electron chi connectivity index (χ4n) is 2.53. The van der Waals surface area contributed by atoms with Crippen molar-refractivity contribution < 1.29 is 27.4 Å². The van der Waals surface area contributed by atoms with Gasteiger partial charge in [-0.2, -0.15) is 13.2 Å². The summed E-state index contributed by atoms with van der Waals surface area (Å²) < 4.78 is 49.6. The lowest BCUT2D eigenvalue weighted by atomic mass is 10.1. The molecule has 180 valence electrons. The van der Waals surface area contributed by atoms with Crippen molar-refractivity contribution in [1.82, 2.24) is 5.32 Å². The molecule has 1 N–H and O–H groups in total. The summed E-state index contributed by atoms with van der Waals surface area (Å²) in [6, 6.07) is 5.63. The minimum Gasteiger partial charge on any atom is -0.490 e. The number of amides is 1. The van der Waals surface area contributed by atoms with E-state index >= 15 is 0 Å². The Morgan fingerprint density at radius 3 is 2.24 bits per heavy atom. The van der Waals surface area contributed by atoms with Gasteiger partial charge in [0.25, 0.3) is 5.91 Å². The van der Waals surface area contributed by atoms with Gasteiger partial charge in [0, 0.05) is 18.7 Å². The highest BCUT2D eigenvalue weighted by atomic mass is 35.5. The minimum absolute atomic E-state index is 0.0673. The summed E-state index contributed by atoms with van der Waals surface area (Å²) >= 11 is 29.2. The maximum atomic E-state index is 12.8. The number of ether oxygens (including phenoxy) is 2. The van der Waals surface area contributed by atoms with E-state index in [-0.39, 0.29) is 50.6 Å². The zero-order chi connectivity index (χ0) is 24.6. The molecule has 0 aliphatic heterocycles. The lowest BCUT2D eigenvalue weighted by Crippen LogP contribution is -2.25. The van der Waals surface area contributed by atoms with E-state index in [2.05, 4.69) is 5.32 Å². The van der Waals surface area contributed by atoms with Crippen LogP contribution in [-0.4, -0.2) is 25.7 Å². The van der Waals surface area contributed by atoms with Gasteiger partial charge in [-0.1, -0.05) is 58.0 Å². The first kappa shape index (κ1) is 27.7. The first-order chi connectivity index (χ1) is 15.5. The van der Waals surface area contributed by atoms with Crippen LogP contribution in [0.1, 0.15) is 28.8 Å². The Morgan fingerprint density at radius 1 is 0.970 bits per heavy atom. The third-order valence-electron chi connectivity index (χ3n) is 4.10. The number of hydrogen-bond acceptors (Lipinski definition) is 3. The Balaban J connectivity index is 1.80. The van der Waals surface area contributed by atoms with E-state index in [4.69, 9.17) is 67.5 Å². The number of halogens is 8. The number of unbranched alkanes of at least 4 members (excludes halogenated alkanes) is 1. The molecular formula is C21H17Cl5F3NO3. The van der Waals surface area contributed by atoms with E-state index in [0.717, 1.165) is 18.2 Å². The van der Waals surface area contributed by atoms with Crippen molar-refractivity contribution in [3.8, 4) is 11.5 Å². The smallest absolute Gasteiger partial charge is 0.416 e. The quantitative estimate of drug-likeness (QED) is 0.298. The highest BCUT2D eigenvalue weighted by molar-refractivity contribution is 6.55. The molecule has 0 saturated heterocycles. The van der Waals surface area contributed by atoms with Gasteiger partial charge in [-0.05, 0) is 37.1 Å². The molecule has 0 fully saturated rings. The SMILES string of the molecule is O=C(NCCCCOc1c(Cl)cc(OCC=C(Cl)Cl)cc1Cl)c1cc(C(F)(F)F)ccc1Cl. The third-order valence-corrected chi connectivity index (χ3v) is 5.30. The number of alkyl halides is 3. The van der Waals surface area contributed by atoms with Crippen LogP contribution in [0.4, 0.5) is 13.2 Å². The third kappa shape index (κ3) is 8.98. The Kier molecular flexibility index (Phi) is 10.8. The van der Waals surface area contributed by atoms with Crippen LogP contribution >= 0.6 is 58.0 Å². The van der Waals surface area contributed by atoms with Crippen molar-refractivity contribution in [2.24, 2.45) is 0 Å². The van der Waals surface area contributed by atoms with Gasteiger partial charge in [0.15, 0.2) is 5.75 Å². The van der Waals surface area contributed by atoms with Gasteiger partial charge >= 0.3 is 6.18 Å². The Morgan fingerprint density at radius 2 is 1.64 bits per heavy atom. The van der Waals surface area contributed by atoms with Gasteiger partial charge in [0.05, 0.1) is 32.8 Å². The minimum atomic E-state index is -4.57. The second-order valence-electron chi connectivity index (χ2n) is 6.52. The molecule has 0 heterocycles. The highest BCUT2D eigenvalue weighted by Gasteiger charge is 2.31. The maximum absolute atomic E-state index is 12.8. The van der Waals surface area contributed by atoms with Gasteiger partial charge in [-0.15, -0.1) is 0 Å². The number of benzene rings is 2. The van der Waals surface area contributed by atoms with Crippen molar-refractivity contribution in [1.29, 1.82) is 0 Å². The number of carbonyl (C=O) groups is 1. The van der Waals surface area contributed by atoms with E-state index in [1.54, 1.807) is 0 Å². The van der Waals surface area contributed by atoms with E-state index < -0.39 is 17.6 Å². The Bertz CT molecular complexity index is 988. The van der Waals surface area contributed by atoms with Crippen LogP contribution in [0.5, 0.6) is 11.5 Å². The van der Waals surface area contributed by atoms with Gasteiger partial charge < -0.3 is 14.8 Å². The zero-order valence-corrected chi connectivity index (χ0v) is 20.5. The first-order valence-corrected chi connectivity index (χ1v) is 11.3. The predicted octanol–water partition coefficient (Wildman–Crippen LogP) is 7.95. The van der Waals surface area contributed by atoms with Gasteiger partial charge in [-0.3, -0.25) is 4.79 Å². The Labute approximate surface area is 213 Å². The molecule has 33 heavy (non-hydrogen) atoms. The van der Waals surface area contributed by atoms with E-state index in [9.17, 15) is 18.0 Å². The molecule has 12 heteroatoms. The number of rotatable bonds is 10. The largest absolute Gasteiger partial charge is 0.490 e. The van der Waals surface area contributed by atoms with Gasteiger partial charge in [0.2, 0.25) is 0 Å². The lowest BCUT2D eigenvalue weighted by molar-refractivity contribution is -0.137. The summed E-state index contributed by atoms with van der Waals surface area (Å²) in [7, 11) is 0. The maximum Gasteiger partial charge on any atom is 0.416 e. The molecule has 4 nitrogen and oxygen atoms in total. The summed E-state index contributed by atoms with van der Waals surface area (Å²) in [5.74, 6) is -0.0190. The van der Waals surface area contributed by atoms with Crippen molar-refractivity contribution >= 4 is 63.9 Å². The molecule has 0 atom stereocenters. The van der Waals surface area contributed by atoms with Crippen molar-refractivity contribution in [3.05, 3.63) is 67.1 Å². The van der Waals surface area contributed by atoms with Gasteiger partial charge in [0.1, 0.15) is 16.8 Å². The van der Waals surface area contributed by atoms with Crippen LogP contribution in [0.15, 0.2) is 40.9 Å². The van der Waals surface area contributed by atoms with Gasteiger partial charge in [-0.25, -0.2) is 0 Å². The summed E-state index contributed by atoms with van der Waals surface area (Å²) in [6.07, 6.45) is -2.11. The van der Waals surface area contributed by atoms with Crippen LogP contribution in [0.2, 0.25) is 15.1 Å². The van der Waals surface area contributed by atoms with Crippen LogP contribution in [0, 0.1) is 0 Å². The average Bonchev–Trinajstić information content (AvgIpc) is 2.71. The molecule has 2 aromatic carbocycles. The first-order valence-electron chi connectivity index (χ1n) is 9.39. The second kappa shape index (κ2) is 12.8. The molecule has 0 unspecified atom stereocenters. The summed E-state index contributed by atoms with van der Waals surface area (Å²) in [5.41, 5.74) is -1.19. The highest BCUT2D eigenvalue weighted by Crippen LogP contribution is 2.37. The topological polar surface area (TPSA) is 47.6 Å². The summed E-state index contributed by atoms with van der Waals surface area (Å²) in [4.78, 5) is 12.2. The van der Waals surface area contributed by atoms with E-state index in [0.29, 0.717) is 18.6 Å². The molecule has 0 spiro atoms. The lowest BCUT2D eigenvalue weighted by Gasteiger charge is -2.13. The molecule has 0 bridgehead atoms. The fourth-order valence-corrected chi connectivity index (χ4v) is 3.44. The molecular weight excluding hydrogens is 548 g/mol. The normalized spacial score (nSPS) is 11.2. The van der Waals surface area contributed by atoms with Crippen LogP contribution in [-0.2, 0) is 6.18 Å². The monoisotopic (exact) mass is 563 g/mol. The summed E-state index contributed by atoms with van der Waals surface area (Å²) in [5, 5.41) is 2.95. The standard InChI is InChI=1S/C21H17Cl5F3NO3/c22-15-4-3-12(21(27,28)29)9-14(15)20(31)30-6-1-2-7-33-19-16(23)10-13(11-17(19)24)32-8-5-18(25)26/h3-5,9-11H,1-2,6-8H2,(H,30,31). The van der Waals surface area contributed by atoms with Crippen molar-refractivity contribution in [3.63, 3.8) is 0 Å². The number of carbonyl (C=O) groups excluding carboxylic acids is 1. The average molecular weight is 566 g/mol. The molecule has 2 aromatic rings. The van der Waals surface area contributed by atoms with Crippen molar-refractivity contribution in [2.45, 2.75) is 19.0 Å². The van der Waals surface area contributed by atoms with Crippen LogP contribution in [0.25, 0.3) is 0 Å². The van der Waals surface area contributed by atoms with Crippen LogP contribution in [0.3, 0.4) is 0 Å². The molecule has 2 rings (SSSR count). The second-order valence-corrected chi connectivity index (χ2v) is 8.75. The number of nitrogens with one attached hydrogen (secondary N) is 1. The molecule has 0 aliphatic rings. The zero-order valence-electron chi connectivity index (χ0n) is 16.7. The van der Waals surface area contributed by atoms with Crippen molar-refractivity contribution in [2.75, 3.05) is 19.8 Å². The predicted molar refractivity (Wildman–Crippen MR) is 125 cm³/mol. The summed E-state index contributed by atoms with van der Waals surface area (Å²) in [6.45, 7) is 0.580. The van der Waals surface area contributed by atoms with E-state index in [1.165, 1.54) is 18.2 Å². The number of hydrogen-bond donors (Lipinski definition) is 1. The fraction of sp³-hybridized carbons (Fsp3) is 0.286. The molecule has 0 radical (unpaired) electrons.